The Morgan fingerprint density at radius 1 is 1.27 bits per heavy atom. The average molecular weight is 543 g/mol. The molecule has 0 aromatic carbocycles. The summed E-state index contributed by atoms with van der Waals surface area (Å²) in [5, 5.41) is 54.8. The van der Waals surface area contributed by atoms with E-state index in [4.69, 9.17) is 15.6 Å². The molecule has 0 radical (unpaired) electrons. The molecule has 0 saturated carbocycles. The van der Waals surface area contributed by atoms with Crippen molar-refractivity contribution in [1.29, 1.82) is 0 Å². The molecule has 9 atom stereocenters. The number of aliphatic carboxylic acids is 1. The second-order valence-electron chi connectivity index (χ2n) is 11.6. The summed E-state index contributed by atoms with van der Waals surface area (Å²) in [6.45, 7) is 12.5. The zero-order valence-electron chi connectivity index (χ0n) is 23.1. The number of epoxide rings is 1. The first-order chi connectivity index (χ1) is 17.0. The molecule has 2 unspecified atom stereocenters. The Labute approximate surface area is 224 Å². The average Bonchev–Trinajstić information content (AvgIpc) is 3.26. The van der Waals surface area contributed by atoms with Gasteiger partial charge in [-0.15, -0.1) is 11.3 Å². The van der Waals surface area contributed by atoms with E-state index in [1.807, 2.05) is 32.2 Å². The van der Waals surface area contributed by atoms with Crippen LogP contribution in [-0.2, 0) is 9.53 Å². The Morgan fingerprint density at radius 3 is 2.43 bits per heavy atom. The number of rotatable bonds is 15. The highest BCUT2D eigenvalue weighted by Gasteiger charge is 2.52. The monoisotopic (exact) mass is 542 g/mol. The van der Waals surface area contributed by atoms with Gasteiger partial charge in [-0.2, -0.15) is 0 Å². The highest BCUT2D eigenvalue weighted by molar-refractivity contribution is 7.09. The Bertz CT molecular complexity index is 936. The molecule has 0 amide bonds. The van der Waals surface area contributed by atoms with Gasteiger partial charge in [0.05, 0.1) is 53.2 Å². The van der Waals surface area contributed by atoms with Gasteiger partial charge in [-0.3, -0.25) is 4.79 Å². The standard InChI is InChI=1S/C27H46N2O7S/c1-14(10-18-13-37-17(4)29-18)19(28)11-22-27(7,36-22)9-8-20(30)15(2)24(34)16(3)25(35)26(5,6)21(31)12-23(32)33/h10,13,15-16,19-22,24-25,30-31,34-35H,8-9,11-12,28H2,1-7H3,(H,32,33)/b14-10+/t15-,16-,19+,20?,21+,22+,24+,25?,27-/m1/s1. The van der Waals surface area contributed by atoms with Crippen molar-refractivity contribution in [3.05, 3.63) is 21.7 Å². The lowest BCUT2D eigenvalue weighted by Crippen LogP contribution is -2.49. The van der Waals surface area contributed by atoms with Crippen molar-refractivity contribution >= 4 is 23.4 Å². The molecule has 9 nitrogen and oxygen atoms in total. The van der Waals surface area contributed by atoms with Crippen molar-refractivity contribution in [3.63, 3.8) is 0 Å². The number of ether oxygens (including phenoxy) is 1. The maximum atomic E-state index is 11.0. The molecule has 1 saturated heterocycles. The maximum absolute atomic E-state index is 11.0. The maximum Gasteiger partial charge on any atom is 0.305 e. The molecule has 0 bridgehead atoms. The number of nitrogens with two attached hydrogens (primary N) is 1. The van der Waals surface area contributed by atoms with Gasteiger partial charge in [0.15, 0.2) is 0 Å². The van der Waals surface area contributed by atoms with E-state index in [2.05, 4.69) is 4.98 Å². The van der Waals surface area contributed by atoms with Crippen LogP contribution in [0.3, 0.4) is 0 Å². The topological polar surface area (TPSA) is 170 Å². The van der Waals surface area contributed by atoms with Crippen LogP contribution in [0.4, 0.5) is 0 Å². The van der Waals surface area contributed by atoms with E-state index >= 15 is 0 Å². The zero-order valence-corrected chi connectivity index (χ0v) is 23.9. The molecule has 1 aliphatic heterocycles. The number of thiazole rings is 1. The van der Waals surface area contributed by atoms with Gasteiger partial charge in [-0.1, -0.05) is 33.3 Å². The normalized spacial score (nSPS) is 26.2. The first kappa shape index (κ1) is 31.8. The largest absolute Gasteiger partial charge is 0.481 e. The van der Waals surface area contributed by atoms with Crippen molar-refractivity contribution < 1.29 is 35.1 Å². The van der Waals surface area contributed by atoms with Crippen LogP contribution in [-0.4, -0.2) is 78.6 Å². The summed E-state index contributed by atoms with van der Waals surface area (Å²) in [5.41, 5.74) is 6.78. The van der Waals surface area contributed by atoms with Gasteiger partial charge in [-0.25, -0.2) is 4.98 Å². The quantitative estimate of drug-likeness (QED) is 0.182. The van der Waals surface area contributed by atoms with Crippen LogP contribution in [0.5, 0.6) is 0 Å². The SMILES string of the molecule is C/C(=C\c1csc(C)n1)[C@@H](N)C[C@@H]1O[C@]1(C)CCC(O)[C@@H](C)[C@H](O)[C@@H](C)C(O)C(C)(C)[C@@H](O)CC(=O)O. The molecule has 1 aromatic heterocycles. The van der Waals surface area contributed by atoms with E-state index in [0.717, 1.165) is 16.3 Å². The summed E-state index contributed by atoms with van der Waals surface area (Å²) in [4.78, 5) is 15.4. The lowest BCUT2D eigenvalue weighted by atomic mass is 9.71. The van der Waals surface area contributed by atoms with E-state index < -0.39 is 59.7 Å². The molecule has 1 fully saturated rings. The third-order valence-electron chi connectivity index (χ3n) is 8.21. The Kier molecular flexibility index (Phi) is 10.9. The summed E-state index contributed by atoms with van der Waals surface area (Å²) in [7, 11) is 0. The molecule has 7 N–H and O–H groups in total. The number of aliphatic hydroxyl groups excluding tert-OH is 4. The number of aliphatic hydroxyl groups is 4. The molecule has 10 heteroatoms. The highest BCUT2D eigenvalue weighted by Crippen LogP contribution is 2.44. The fourth-order valence-corrected chi connectivity index (χ4v) is 5.48. The summed E-state index contributed by atoms with van der Waals surface area (Å²) in [6.07, 6.45) is -1.22. The minimum absolute atomic E-state index is 0.0206. The Hall–Kier alpha value is -1.40. The predicted octanol–water partition coefficient (Wildman–Crippen LogP) is 2.73. The van der Waals surface area contributed by atoms with Gasteiger partial charge in [0, 0.05) is 28.7 Å². The minimum Gasteiger partial charge on any atom is -0.481 e. The molecule has 2 heterocycles. The van der Waals surface area contributed by atoms with Crippen LogP contribution in [0.1, 0.15) is 77.9 Å². The molecule has 1 aromatic rings. The van der Waals surface area contributed by atoms with Crippen molar-refractivity contribution in [2.45, 2.75) is 116 Å². The first-order valence-corrected chi connectivity index (χ1v) is 13.8. The molecule has 0 aliphatic carbocycles. The van der Waals surface area contributed by atoms with Crippen molar-refractivity contribution in [3.8, 4) is 0 Å². The van der Waals surface area contributed by atoms with Crippen LogP contribution in [0, 0.1) is 24.2 Å². The van der Waals surface area contributed by atoms with Gasteiger partial charge in [0.25, 0.3) is 0 Å². The Morgan fingerprint density at radius 2 is 1.89 bits per heavy atom. The molecule has 212 valence electrons. The van der Waals surface area contributed by atoms with Crippen LogP contribution in [0.25, 0.3) is 6.08 Å². The van der Waals surface area contributed by atoms with Crippen molar-refractivity contribution in [1.82, 2.24) is 4.98 Å². The number of aromatic nitrogens is 1. The second-order valence-corrected chi connectivity index (χ2v) is 12.7. The van der Waals surface area contributed by atoms with Crippen LogP contribution in [0.15, 0.2) is 11.0 Å². The number of hydrogen-bond donors (Lipinski definition) is 6. The van der Waals surface area contributed by atoms with Gasteiger partial charge < -0.3 is 36.0 Å². The summed E-state index contributed by atoms with van der Waals surface area (Å²) in [5.74, 6) is -2.41. The van der Waals surface area contributed by atoms with Crippen molar-refractivity contribution in [2.75, 3.05) is 0 Å². The van der Waals surface area contributed by atoms with Gasteiger partial charge in [-0.05, 0) is 46.1 Å². The molecule has 1 aliphatic rings. The second kappa shape index (κ2) is 12.6. The summed E-state index contributed by atoms with van der Waals surface area (Å²) >= 11 is 1.60. The number of carbonyl (C=O) groups is 1. The van der Waals surface area contributed by atoms with E-state index in [0.29, 0.717) is 19.3 Å². The van der Waals surface area contributed by atoms with Crippen LogP contribution < -0.4 is 5.73 Å². The minimum atomic E-state index is -1.28. The third kappa shape index (κ3) is 8.29. The summed E-state index contributed by atoms with van der Waals surface area (Å²) in [6, 6.07) is -0.165. The fraction of sp³-hybridized carbons (Fsp3) is 0.778. The number of carboxylic acid groups (broad SMARTS) is 1. The van der Waals surface area contributed by atoms with Gasteiger partial charge in [0.1, 0.15) is 0 Å². The number of hydrogen-bond acceptors (Lipinski definition) is 9. The van der Waals surface area contributed by atoms with E-state index in [9.17, 15) is 25.2 Å². The highest BCUT2D eigenvalue weighted by atomic mass is 32.1. The predicted molar refractivity (Wildman–Crippen MR) is 144 cm³/mol. The molecule has 37 heavy (non-hydrogen) atoms. The van der Waals surface area contributed by atoms with E-state index in [1.54, 1.807) is 39.0 Å². The number of aryl methyl sites for hydroxylation is 1. The molecule has 2 rings (SSSR count). The van der Waals surface area contributed by atoms with Gasteiger partial charge >= 0.3 is 5.97 Å². The smallest absolute Gasteiger partial charge is 0.305 e. The third-order valence-corrected chi connectivity index (χ3v) is 9.00. The van der Waals surface area contributed by atoms with Crippen LogP contribution >= 0.6 is 11.3 Å². The fourth-order valence-electron chi connectivity index (χ4n) is 4.91. The van der Waals surface area contributed by atoms with E-state index in [-0.39, 0.29) is 12.1 Å². The molecule has 0 spiro atoms. The van der Waals surface area contributed by atoms with Crippen LogP contribution in [0.2, 0.25) is 0 Å². The van der Waals surface area contributed by atoms with E-state index in [1.165, 1.54) is 0 Å². The lowest BCUT2D eigenvalue weighted by Gasteiger charge is -2.41. The zero-order chi connectivity index (χ0) is 28.3. The summed E-state index contributed by atoms with van der Waals surface area (Å²) < 4.78 is 5.95. The van der Waals surface area contributed by atoms with Gasteiger partial charge in [0.2, 0.25) is 0 Å². The molecular formula is C27H46N2O7S. The molecular weight excluding hydrogens is 496 g/mol. The Balaban J connectivity index is 1.86. The lowest BCUT2D eigenvalue weighted by molar-refractivity contribution is -0.147. The first-order valence-electron chi connectivity index (χ1n) is 13.0. The number of carboxylic acids is 1. The van der Waals surface area contributed by atoms with Crippen molar-refractivity contribution in [2.24, 2.45) is 23.0 Å². The number of nitrogens with zero attached hydrogens (tertiary/aromatic N) is 1.